The first-order valence-electron chi connectivity index (χ1n) is 8.20. The third kappa shape index (κ3) is 2.96. The summed E-state index contributed by atoms with van der Waals surface area (Å²) in [5.74, 6) is -0.563. The van der Waals surface area contributed by atoms with E-state index in [1.165, 1.54) is 0 Å². The number of halogens is 1. The van der Waals surface area contributed by atoms with Crippen LogP contribution < -0.4 is 5.32 Å². The van der Waals surface area contributed by atoms with Gasteiger partial charge >= 0.3 is 0 Å². The van der Waals surface area contributed by atoms with Crippen LogP contribution in [0.15, 0.2) is 36.4 Å². The minimum atomic E-state index is -1.95. The lowest BCUT2D eigenvalue weighted by Crippen LogP contribution is -2.36. The van der Waals surface area contributed by atoms with E-state index in [0.717, 1.165) is 11.1 Å². The zero-order chi connectivity index (χ0) is 18.4. The van der Waals surface area contributed by atoms with Gasteiger partial charge in [0.1, 0.15) is 0 Å². The maximum atomic E-state index is 12.7. The maximum Gasteiger partial charge on any atom is 0.261 e. The fourth-order valence-corrected chi connectivity index (χ4v) is 3.45. The highest BCUT2D eigenvalue weighted by molar-refractivity contribution is 6.33. The van der Waals surface area contributed by atoms with Gasteiger partial charge in [0.25, 0.3) is 5.91 Å². The monoisotopic (exact) mass is 357 g/mol. The number of anilines is 1. The van der Waals surface area contributed by atoms with Gasteiger partial charge in [-0.15, -0.1) is 0 Å². The molecule has 130 valence electrons. The molecule has 3 rings (SSSR count). The van der Waals surface area contributed by atoms with Crippen LogP contribution in [0.5, 0.6) is 0 Å². The highest BCUT2D eigenvalue weighted by Crippen LogP contribution is 2.44. The number of hydrogen-bond acceptors (Lipinski definition) is 3. The molecule has 1 aliphatic heterocycles. The molecule has 0 radical (unpaired) electrons. The summed E-state index contributed by atoms with van der Waals surface area (Å²) in [6, 6.07) is 10.6. The van der Waals surface area contributed by atoms with Crippen molar-refractivity contribution in [2.24, 2.45) is 0 Å². The normalized spacial score (nSPS) is 19.0. The summed E-state index contributed by atoms with van der Waals surface area (Å²) in [6.45, 7) is 5.96. The van der Waals surface area contributed by atoms with Crippen LogP contribution >= 0.6 is 11.6 Å². The first-order chi connectivity index (χ1) is 11.7. The van der Waals surface area contributed by atoms with Crippen LogP contribution in [0, 0.1) is 6.92 Å². The van der Waals surface area contributed by atoms with E-state index < -0.39 is 11.5 Å². The van der Waals surface area contributed by atoms with Gasteiger partial charge in [0.15, 0.2) is 11.4 Å². The van der Waals surface area contributed by atoms with Gasteiger partial charge < -0.3 is 10.4 Å². The fourth-order valence-electron chi connectivity index (χ4n) is 3.13. The van der Waals surface area contributed by atoms with Crippen molar-refractivity contribution in [1.29, 1.82) is 0 Å². The predicted octanol–water partition coefficient (Wildman–Crippen LogP) is 4.18. The van der Waals surface area contributed by atoms with Crippen LogP contribution in [-0.4, -0.2) is 16.8 Å². The Morgan fingerprint density at radius 1 is 1.20 bits per heavy atom. The summed E-state index contributed by atoms with van der Waals surface area (Å²) < 4.78 is 0. The van der Waals surface area contributed by atoms with Crippen molar-refractivity contribution in [1.82, 2.24) is 0 Å². The van der Waals surface area contributed by atoms with Crippen molar-refractivity contribution in [2.45, 2.75) is 38.7 Å². The highest BCUT2D eigenvalue weighted by Gasteiger charge is 2.48. The Morgan fingerprint density at radius 2 is 1.84 bits per heavy atom. The number of Topliss-reactive ketones (excluding diaryl/α,β-unsaturated/α-hetero) is 1. The van der Waals surface area contributed by atoms with Gasteiger partial charge in [-0.2, -0.15) is 0 Å². The predicted molar refractivity (Wildman–Crippen MR) is 98.2 cm³/mol. The molecule has 2 aromatic rings. The van der Waals surface area contributed by atoms with E-state index in [1.807, 2.05) is 19.1 Å². The largest absolute Gasteiger partial charge is 0.375 e. The highest BCUT2D eigenvalue weighted by atomic mass is 35.5. The van der Waals surface area contributed by atoms with E-state index in [0.29, 0.717) is 17.2 Å². The van der Waals surface area contributed by atoms with E-state index in [-0.39, 0.29) is 22.8 Å². The van der Waals surface area contributed by atoms with E-state index >= 15 is 0 Å². The van der Waals surface area contributed by atoms with Gasteiger partial charge in [0.05, 0.1) is 12.1 Å². The fraction of sp³-hybridized carbons (Fsp3) is 0.300. The molecule has 0 fully saturated rings. The summed E-state index contributed by atoms with van der Waals surface area (Å²) in [4.78, 5) is 25.1. The number of carbonyl (C=O) groups is 2. The minimum absolute atomic E-state index is 0.268. The minimum Gasteiger partial charge on any atom is -0.375 e. The number of hydrogen-bond donors (Lipinski definition) is 2. The number of fused-ring (bicyclic) bond motifs is 1. The standard InChI is InChI=1S/C20H20ClNO3/c1-11(2)13-5-7-14(8-6-13)16(23)10-20(25)17-15(21)9-4-12(3)18(17)22-19(20)24/h4-9,11,25H,10H2,1-3H3,(H,22,24)/t20-/m0/s1. The molecule has 1 heterocycles. The molecule has 0 unspecified atom stereocenters. The zero-order valence-corrected chi connectivity index (χ0v) is 15.1. The molecular weight excluding hydrogens is 338 g/mol. The van der Waals surface area contributed by atoms with Crippen LogP contribution in [0.2, 0.25) is 5.02 Å². The summed E-state index contributed by atoms with van der Waals surface area (Å²) in [5, 5.41) is 13.9. The number of aliphatic hydroxyl groups is 1. The quantitative estimate of drug-likeness (QED) is 0.806. The van der Waals surface area contributed by atoms with Crippen molar-refractivity contribution in [2.75, 3.05) is 5.32 Å². The molecule has 25 heavy (non-hydrogen) atoms. The Labute approximate surface area is 151 Å². The van der Waals surface area contributed by atoms with Gasteiger partial charge in [0, 0.05) is 16.1 Å². The Bertz CT molecular complexity index is 858. The topological polar surface area (TPSA) is 66.4 Å². The second kappa shape index (κ2) is 6.28. The van der Waals surface area contributed by atoms with Crippen molar-refractivity contribution in [3.05, 3.63) is 63.7 Å². The number of carbonyl (C=O) groups excluding carboxylic acids is 2. The average Bonchev–Trinajstić information content (AvgIpc) is 2.83. The van der Waals surface area contributed by atoms with Crippen LogP contribution in [0.4, 0.5) is 5.69 Å². The lowest BCUT2D eigenvalue weighted by Gasteiger charge is -2.21. The molecular formula is C20H20ClNO3. The van der Waals surface area contributed by atoms with Crippen LogP contribution in [0.25, 0.3) is 0 Å². The Morgan fingerprint density at radius 3 is 2.44 bits per heavy atom. The number of rotatable bonds is 4. The van der Waals surface area contributed by atoms with E-state index in [1.54, 1.807) is 24.3 Å². The third-order valence-corrected chi connectivity index (χ3v) is 5.02. The summed E-state index contributed by atoms with van der Waals surface area (Å²) >= 11 is 6.21. The van der Waals surface area contributed by atoms with Gasteiger partial charge in [-0.3, -0.25) is 9.59 Å². The Kier molecular flexibility index (Phi) is 4.43. The molecule has 0 aromatic heterocycles. The lowest BCUT2D eigenvalue weighted by molar-refractivity contribution is -0.133. The molecule has 5 heteroatoms. The molecule has 4 nitrogen and oxygen atoms in total. The van der Waals surface area contributed by atoms with Crippen molar-refractivity contribution < 1.29 is 14.7 Å². The zero-order valence-electron chi connectivity index (χ0n) is 14.4. The molecule has 0 saturated heterocycles. The molecule has 1 atom stereocenters. The molecule has 0 bridgehead atoms. The summed E-state index contributed by atoms with van der Waals surface area (Å²) in [7, 11) is 0. The second-order valence-corrected chi connectivity index (χ2v) is 7.21. The molecule has 1 amide bonds. The van der Waals surface area contributed by atoms with Crippen LogP contribution in [0.3, 0.4) is 0 Å². The maximum absolute atomic E-state index is 12.7. The second-order valence-electron chi connectivity index (χ2n) is 6.81. The van der Waals surface area contributed by atoms with Gasteiger partial charge in [-0.1, -0.05) is 55.8 Å². The first-order valence-corrected chi connectivity index (χ1v) is 8.58. The smallest absolute Gasteiger partial charge is 0.261 e. The van der Waals surface area contributed by atoms with E-state index in [4.69, 9.17) is 11.6 Å². The summed E-state index contributed by atoms with van der Waals surface area (Å²) in [5.41, 5.74) is 1.19. The van der Waals surface area contributed by atoms with Crippen LogP contribution in [0.1, 0.15) is 53.2 Å². The molecule has 2 aromatic carbocycles. The van der Waals surface area contributed by atoms with Gasteiger partial charge in [-0.05, 0) is 30.0 Å². The Balaban J connectivity index is 1.94. The number of amides is 1. The molecule has 0 saturated carbocycles. The van der Waals surface area contributed by atoms with Crippen molar-refractivity contribution >= 4 is 29.0 Å². The molecule has 0 aliphatic carbocycles. The summed E-state index contributed by atoms with van der Waals surface area (Å²) in [6.07, 6.45) is -0.351. The van der Waals surface area contributed by atoms with E-state index in [2.05, 4.69) is 19.2 Å². The Hall–Kier alpha value is -2.17. The van der Waals surface area contributed by atoms with E-state index in [9.17, 15) is 14.7 Å². The first kappa shape index (κ1) is 17.6. The lowest BCUT2D eigenvalue weighted by atomic mass is 9.87. The SMILES string of the molecule is Cc1ccc(Cl)c2c1NC(=O)[C@]2(O)CC(=O)c1ccc(C(C)C)cc1. The molecule has 1 aliphatic rings. The molecule has 0 spiro atoms. The van der Waals surface area contributed by atoms with Crippen molar-refractivity contribution in [3.63, 3.8) is 0 Å². The number of nitrogens with one attached hydrogen (secondary N) is 1. The number of aryl methyl sites for hydroxylation is 1. The average molecular weight is 358 g/mol. The number of ketones is 1. The number of benzene rings is 2. The van der Waals surface area contributed by atoms with Gasteiger partial charge in [0.2, 0.25) is 0 Å². The third-order valence-electron chi connectivity index (χ3n) is 4.71. The van der Waals surface area contributed by atoms with Crippen molar-refractivity contribution in [3.8, 4) is 0 Å². The van der Waals surface area contributed by atoms with Crippen LogP contribution in [-0.2, 0) is 10.4 Å². The molecule has 2 N–H and O–H groups in total. The van der Waals surface area contributed by atoms with Gasteiger partial charge in [-0.25, -0.2) is 0 Å².